The van der Waals surface area contributed by atoms with Crippen LogP contribution in [0.1, 0.15) is 29.5 Å². The molecule has 1 saturated heterocycles. The van der Waals surface area contributed by atoms with Crippen molar-refractivity contribution in [2.45, 2.75) is 51.4 Å². The van der Waals surface area contributed by atoms with E-state index in [-0.39, 0.29) is 23.3 Å². The van der Waals surface area contributed by atoms with Crippen LogP contribution in [-0.2, 0) is 16.1 Å². The van der Waals surface area contributed by atoms with Gasteiger partial charge < -0.3 is 10.1 Å². The fourth-order valence-electron chi connectivity index (χ4n) is 4.49. The molecule has 1 unspecified atom stereocenters. The van der Waals surface area contributed by atoms with Crippen LogP contribution in [0.25, 0.3) is 20.4 Å². The average Bonchev–Trinajstić information content (AvgIpc) is 3.45. The number of nitrogens with zero attached hydrogens (tertiary/aromatic N) is 3. The molecule has 4 aromatic rings. The monoisotopic (exact) mass is 494 g/mol. The Morgan fingerprint density at radius 2 is 2.09 bits per heavy atom. The van der Waals surface area contributed by atoms with Gasteiger partial charge in [-0.3, -0.25) is 14.2 Å². The van der Waals surface area contributed by atoms with Gasteiger partial charge in [-0.1, -0.05) is 29.5 Å². The number of carbonyl (C=O) groups excluding carboxylic acids is 1. The number of nitrogens with one attached hydrogen (secondary N) is 1. The maximum absolute atomic E-state index is 13.5. The summed E-state index contributed by atoms with van der Waals surface area (Å²) in [6.45, 7) is 7.17. The number of ether oxygens (including phenoxy) is 1. The first-order chi connectivity index (χ1) is 16.4. The summed E-state index contributed by atoms with van der Waals surface area (Å²) in [6, 6.07) is 7.89. The molecule has 0 bridgehead atoms. The summed E-state index contributed by atoms with van der Waals surface area (Å²) >= 11 is 2.65. The number of aryl methyl sites for hydroxylation is 3. The molecule has 1 aliphatic rings. The van der Waals surface area contributed by atoms with Gasteiger partial charge in [0.05, 0.1) is 23.9 Å². The topological polar surface area (TPSA) is 86.1 Å². The molecule has 1 atom stereocenters. The lowest BCUT2D eigenvalue weighted by Gasteiger charge is -2.16. The van der Waals surface area contributed by atoms with E-state index in [0.29, 0.717) is 28.5 Å². The molecule has 4 heterocycles. The Morgan fingerprint density at radius 3 is 2.82 bits per heavy atom. The van der Waals surface area contributed by atoms with Gasteiger partial charge in [0, 0.05) is 23.9 Å². The van der Waals surface area contributed by atoms with E-state index >= 15 is 0 Å². The number of hydrogen-bond donors (Lipinski definition) is 1. The third-order valence-electron chi connectivity index (χ3n) is 6.00. The number of pyridine rings is 1. The number of anilines is 1. The largest absolute Gasteiger partial charge is 0.376 e. The predicted octanol–water partition coefficient (Wildman–Crippen LogP) is 4.84. The highest BCUT2D eigenvalue weighted by atomic mass is 32.2. The standard InChI is InChI=1S/C25H26N4O3S2/c1-14-10-15(2)20(16(3)11-14)27-19(30)13-33-25-28-21-18-7-4-8-26-23(18)34-22(21)24(31)29(25)12-17-6-5-9-32-17/h4,7-8,10-11,17H,5-6,9,12-13H2,1-3H3,(H,27,30). The summed E-state index contributed by atoms with van der Waals surface area (Å²) in [5, 5.41) is 4.43. The van der Waals surface area contributed by atoms with E-state index in [0.717, 1.165) is 45.4 Å². The molecule has 3 aromatic heterocycles. The van der Waals surface area contributed by atoms with Crippen molar-refractivity contribution in [3.8, 4) is 0 Å². The van der Waals surface area contributed by atoms with Crippen LogP contribution in [0, 0.1) is 20.8 Å². The lowest BCUT2D eigenvalue weighted by atomic mass is 10.1. The molecule has 1 amide bonds. The fourth-order valence-corrected chi connectivity index (χ4v) is 6.32. The number of aromatic nitrogens is 3. The Bertz CT molecular complexity index is 1430. The minimum atomic E-state index is -0.130. The van der Waals surface area contributed by atoms with Gasteiger partial charge in [0.25, 0.3) is 5.56 Å². The second-order valence-corrected chi connectivity index (χ2v) is 10.6. The van der Waals surface area contributed by atoms with Gasteiger partial charge in [0.2, 0.25) is 5.91 Å². The molecule has 1 aromatic carbocycles. The minimum Gasteiger partial charge on any atom is -0.376 e. The van der Waals surface area contributed by atoms with Crippen LogP contribution in [0.15, 0.2) is 40.4 Å². The van der Waals surface area contributed by atoms with Gasteiger partial charge in [0.15, 0.2) is 5.16 Å². The second kappa shape index (κ2) is 9.48. The van der Waals surface area contributed by atoms with Gasteiger partial charge >= 0.3 is 0 Å². The summed E-state index contributed by atoms with van der Waals surface area (Å²) in [5.74, 6) is 0.0196. The molecule has 34 heavy (non-hydrogen) atoms. The van der Waals surface area contributed by atoms with Crippen molar-refractivity contribution in [1.29, 1.82) is 0 Å². The fraction of sp³-hybridized carbons (Fsp3) is 0.360. The molecule has 9 heteroatoms. The Balaban J connectivity index is 1.46. The van der Waals surface area contributed by atoms with Crippen LogP contribution in [0.3, 0.4) is 0 Å². The quantitative estimate of drug-likeness (QED) is 0.305. The number of amides is 1. The molecule has 0 aliphatic carbocycles. The minimum absolute atomic E-state index is 0.0181. The molecule has 0 spiro atoms. The zero-order chi connectivity index (χ0) is 23.8. The highest BCUT2D eigenvalue weighted by Crippen LogP contribution is 2.31. The lowest BCUT2D eigenvalue weighted by molar-refractivity contribution is -0.113. The van der Waals surface area contributed by atoms with Crippen molar-refractivity contribution in [1.82, 2.24) is 14.5 Å². The second-order valence-electron chi connectivity index (χ2n) is 8.69. The summed E-state index contributed by atoms with van der Waals surface area (Å²) < 4.78 is 8.06. The van der Waals surface area contributed by atoms with Crippen molar-refractivity contribution in [3.63, 3.8) is 0 Å². The molecule has 1 N–H and O–H groups in total. The van der Waals surface area contributed by atoms with Crippen molar-refractivity contribution in [3.05, 3.63) is 57.5 Å². The number of thioether (sulfide) groups is 1. The molecule has 1 fully saturated rings. The third kappa shape index (κ3) is 4.47. The molecular weight excluding hydrogens is 468 g/mol. The number of benzene rings is 1. The van der Waals surface area contributed by atoms with E-state index in [1.54, 1.807) is 10.8 Å². The van der Waals surface area contributed by atoms with Crippen molar-refractivity contribution in [2.75, 3.05) is 17.7 Å². The molecule has 0 saturated carbocycles. The molecule has 5 rings (SSSR count). The van der Waals surface area contributed by atoms with Gasteiger partial charge in [-0.25, -0.2) is 9.97 Å². The highest BCUT2D eigenvalue weighted by molar-refractivity contribution is 7.99. The van der Waals surface area contributed by atoms with Gasteiger partial charge in [0.1, 0.15) is 9.53 Å². The Hall–Kier alpha value is -2.75. The predicted molar refractivity (Wildman–Crippen MR) is 138 cm³/mol. The van der Waals surface area contributed by atoms with Crippen LogP contribution in [0.5, 0.6) is 0 Å². The number of hydrogen-bond acceptors (Lipinski definition) is 7. The Kier molecular flexibility index (Phi) is 6.42. The highest BCUT2D eigenvalue weighted by Gasteiger charge is 2.22. The number of carbonyl (C=O) groups is 1. The van der Waals surface area contributed by atoms with Gasteiger partial charge in [-0.05, 0) is 56.9 Å². The first-order valence-corrected chi connectivity index (χ1v) is 13.1. The van der Waals surface area contributed by atoms with E-state index in [2.05, 4.69) is 22.4 Å². The molecule has 1 aliphatic heterocycles. The van der Waals surface area contributed by atoms with Crippen LogP contribution in [0.2, 0.25) is 0 Å². The zero-order valence-corrected chi connectivity index (χ0v) is 21.0. The number of rotatable bonds is 6. The maximum Gasteiger partial charge on any atom is 0.272 e. The maximum atomic E-state index is 13.5. The van der Waals surface area contributed by atoms with Crippen molar-refractivity contribution >= 4 is 55.1 Å². The van der Waals surface area contributed by atoms with E-state index in [1.165, 1.54) is 23.1 Å². The summed E-state index contributed by atoms with van der Waals surface area (Å²) in [7, 11) is 0. The zero-order valence-electron chi connectivity index (χ0n) is 19.4. The summed E-state index contributed by atoms with van der Waals surface area (Å²) in [5.41, 5.74) is 4.61. The molecular formula is C25H26N4O3S2. The third-order valence-corrected chi connectivity index (χ3v) is 8.07. The summed E-state index contributed by atoms with van der Waals surface area (Å²) in [6.07, 6.45) is 3.60. The molecule has 7 nitrogen and oxygen atoms in total. The summed E-state index contributed by atoms with van der Waals surface area (Å²) in [4.78, 5) is 36.4. The Morgan fingerprint density at radius 1 is 1.29 bits per heavy atom. The van der Waals surface area contributed by atoms with Gasteiger partial charge in [-0.15, -0.1) is 11.3 Å². The van der Waals surface area contributed by atoms with E-state index < -0.39 is 0 Å². The molecule has 0 radical (unpaired) electrons. The van der Waals surface area contributed by atoms with Crippen LogP contribution in [-0.4, -0.2) is 38.9 Å². The van der Waals surface area contributed by atoms with E-state index in [4.69, 9.17) is 9.72 Å². The Labute approximate surface area is 205 Å². The van der Waals surface area contributed by atoms with Crippen LogP contribution < -0.4 is 10.9 Å². The van der Waals surface area contributed by atoms with Crippen LogP contribution >= 0.6 is 23.1 Å². The van der Waals surface area contributed by atoms with Crippen molar-refractivity contribution in [2.24, 2.45) is 0 Å². The first-order valence-electron chi connectivity index (χ1n) is 11.3. The SMILES string of the molecule is Cc1cc(C)c(NC(=O)CSc2nc3c(sc4ncccc43)c(=O)n2CC2CCCO2)c(C)c1. The average molecular weight is 495 g/mol. The normalized spacial score (nSPS) is 15.9. The van der Waals surface area contributed by atoms with Gasteiger partial charge in [-0.2, -0.15) is 0 Å². The molecule has 176 valence electrons. The number of fused-ring (bicyclic) bond motifs is 3. The van der Waals surface area contributed by atoms with Crippen LogP contribution in [0.4, 0.5) is 5.69 Å². The van der Waals surface area contributed by atoms with Crippen molar-refractivity contribution < 1.29 is 9.53 Å². The lowest BCUT2D eigenvalue weighted by Crippen LogP contribution is -2.28. The first kappa shape index (κ1) is 23.0. The van der Waals surface area contributed by atoms with E-state index in [9.17, 15) is 9.59 Å². The smallest absolute Gasteiger partial charge is 0.272 e. The number of thiophene rings is 1. The van der Waals surface area contributed by atoms with E-state index in [1.807, 2.05) is 32.9 Å².